The molecule has 7 nitrogen and oxygen atoms in total. The molecule has 0 aliphatic carbocycles. The zero-order valence-corrected chi connectivity index (χ0v) is 22.2. The van der Waals surface area contributed by atoms with Crippen LogP contribution in [0.4, 0.5) is 4.79 Å². The Balaban J connectivity index is 1.54. The molecule has 1 unspecified atom stereocenters. The Morgan fingerprint density at radius 1 is 0.750 bits per heavy atom. The fraction of sp³-hybridized carbons (Fsp3) is 0.182. The molecular weight excluding hydrogens is 504 g/mol. The largest absolute Gasteiger partial charge is 0.480 e. The molecule has 0 aliphatic rings. The van der Waals surface area contributed by atoms with Gasteiger partial charge in [0.15, 0.2) is 0 Å². The van der Waals surface area contributed by atoms with Gasteiger partial charge in [-0.1, -0.05) is 121 Å². The van der Waals surface area contributed by atoms with Crippen molar-refractivity contribution in [2.45, 2.75) is 38.0 Å². The van der Waals surface area contributed by atoms with Crippen molar-refractivity contribution >= 4 is 18.0 Å². The van der Waals surface area contributed by atoms with E-state index in [-0.39, 0.29) is 25.4 Å². The van der Waals surface area contributed by atoms with Crippen LogP contribution in [0, 0.1) is 6.92 Å². The summed E-state index contributed by atoms with van der Waals surface area (Å²) in [5.41, 5.74) is 3.42. The summed E-state index contributed by atoms with van der Waals surface area (Å²) < 4.78 is 5.17. The van der Waals surface area contributed by atoms with Crippen LogP contribution in [-0.2, 0) is 26.5 Å². The Bertz CT molecular complexity index is 1370. The molecule has 0 saturated heterocycles. The SMILES string of the molecule is Cc1ccc(C(NC(=O)CCC(NC(=O)OCc2ccccc2)C(=O)O)(c2ccccc2)c2ccccc2)cc1. The molecule has 0 aliphatic heterocycles. The summed E-state index contributed by atoms with van der Waals surface area (Å²) in [5.74, 6) is -1.61. The van der Waals surface area contributed by atoms with Gasteiger partial charge < -0.3 is 20.5 Å². The fourth-order valence-electron chi connectivity index (χ4n) is 4.61. The van der Waals surface area contributed by atoms with E-state index in [0.717, 1.165) is 27.8 Å². The highest BCUT2D eigenvalue weighted by atomic mass is 16.5. The standard InChI is InChI=1S/C33H32N2O5/c1-24-17-19-28(20-18-24)33(26-13-7-3-8-14-26,27-15-9-4-10-16-27)35-30(36)22-21-29(31(37)38)34-32(39)40-23-25-11-5-2-6-12-25/h2-20,29H,21-23H2,1H3,(H,34,39)(H,35,36)(H,37,38). The van der Waals surface area contributed by atoms with Gasteiger partial charge in [0.1, 0.15) is 18.2 Å². The molecule has 7 heteroatoms. The predicted molar refractivity (Wildman–Crippen MR) is 153 cm³/mol. The van der Waals surface area contributed by atoms with Gasteiger partial charge >= 0.3 is 12.1 Å². The zero-order valence-electron chi connectivity index (χ0n) is 22.2. The normalized spacial score (nSPS) is 11.7. The molecule has 4 aromatic carbocycles. The number of carbonyl (C=O) groups is 3. The topological polar surface area (TPSA) is 105 Å². The van der Waals surface area contributed by atoms with Crippen molar-refractivity contribution in [3.05, 3.63) is 143 Å². The Hall–Kier alpha value is -4.91. The summed E-state index contributed by atoms with van der Waals surface area (Å²) in [5, 5.41) is 15.3. The maximum Gasteiger partial charge on any atom is 0.408 e. The van der Waals surface area contributed by atoms with Crippen LogP contribution >= 0.6 is 0 Å². The van der Waals surface area contributed by atoms with E-state index in [0.29, 0.717) is 0 Å². The van der Waals surface area contributed by atoms with Crippen molar-refractivity contribution in [1.29, 1.82) is 0 Å². The molecule has 0 radical (unpaired) electrons. The lowest BCUT2D eigenvalue weighted by Gasteiger charge is -2.37. The first kappa shape index (κ1) is 28.1. The minimum Gasteiger partial charge on any atom is -0.480 e. The fourth-order valence-corrected chi connectivity index (χ4v) is 4.61. The number of carboxylic acid groups (broad SMARTS) is 1. The maximum atomic E-state index is 13.5. The number of nitrogens with one attached hydrogen (secondary N) is 2. The molecule has 4 rings (SSSR count). The number of rotatable bonds is 11. The first-order valence-electron chi connectivity index (χ1n) is 13.1. The summed E-state index contributed by atoms with van der Waals surface area (Å²) in [6, 6.07) is 35.0. The average molecular weight is 537 g/mol. The average Bonchev–Trinajstić information content (AvgIpc) is 2.98. The number of carboxylic acids is 1. The summed E-state index contributed by atoms with van der Waals surface area (Å²) in [6.07, 6.45) is -1.11. The van der Waals surface area contributed by atoms with Crippen LogP contribution in [-0.4, -0.2) is 29.1 Å². The van der Waals surface area contributed by atoms with E-state index in [1.54, 1.807) is 12.1 Å². The number of alkyl carbamates (subject to hydrolysis) is 1. The van der Waals surface area contributed by atoms with Gasteiger partial charge in [0.2, 0.25) is 5.91 Å². The van der Waals surface area contributed by atoms with Crippen molar-refractivity contribution in [1.82, 2.24) is 10.6 Å². The van der Waals surface area contributed by atoms with Crippen molar-refractivity contribution in [3.8, 4) is 0 Å². The van der Waals surface area contributed by atoms with Crippen LogP contribution < -0.4 is 10.6 Å². The van der Waals surface area contributed by atoms with Gasteiger partial charge in [-0.2, -0.15) is 0 Å². The summed E-state index contributed by atoms with van der Waals surface area (Å²) in [4.78, 5) is 37.7. The van der Waals surface area contributed by atoms with Crippen molar-refractivity contribution in [2.24, 2.45) is 0 Å². The lowest BCUT2D eigenvalue weighted by atomic mass is 9.76. The third kappa shape index (κ3) is 6.94. The molecule has 4 aromatic rings. The Morgan fingerprint density at radius 2 is 1.25 bits per heavy atom. The van der Waals surface area contributed by atoms with Crippen LogP contribution in [0.3, 0.4) is 0 Å². The monoisotopic (exact) mass is 536 g/mol. The Morgan fingerprint density at radius 3 is 1.77 bits per heavy atom. The molecule has 0 heterocycles. The highest BCUT2D eigenvalue weighted by molar-refractivity contribution is 5.82. The van der Waals surface area contributed by atoms with Gasteiger partial charge in [-0.3, -0.25) is 4.79 Å². The van der Waals surface area contributed by atoms with E-state index in [4.69, 9.17) is 4.74 Å². The molecule has 0 saturated carbocycles. The van der Waals surface area contributed by atoms with Crippen molar-refractivity contribution < 1.29 is 24.2 Å². The van der Waals surface area contributed by atoms with Gasteiger partial charge in [-0.15, -0.1) is 0 Å². The molecule has 204 valence electrons. The Kier molecular flexibility index (Phi) is 9.31. The third-order valence-corrected chi connectivity index (χ3v) is 6.69. The third-order valence-electron chi connectivity index (χ3n) is 6.69. The van der Waals surface area contributed by atoms with Gasteiger partial charge in [-0.25, -0.2) is 9.59 Å². The van der Waals surface area contributed by atoms with Crippen LogP contribution in [0.15, 0.2) is 115 Å². The number of ether oxygens (including phenoxy) is 1. The number of aryl methyl sites for hydroxylation is 1. The van der Waals surface area contributed by atoms with Crippen LogP contribution in [0.5, 0.6) is 0 Å². The van der Waals surface area contributed by atoms with E-state index >= 15 is 0 Å². The van der Waals surface area contributed by atoms with Crippen LogP contribution in [0.25, 0.3) is 0 Å². The molecule has 3 N–H and O–H groups in total. The zero-order chi connectivity index (χ0) is 28.4. The summed E-state index contributed by atoms with van der Waals surface area (Å²) >= 11 is 0. The van der Waals surface area contributed by atoms with Crippen molar-refractivity contribution in [3.63, 3.8) is 0 Å². The highest BCUT2D eigenvalue weighted by Gasteiger charge is 2.38. The molecule has 2 amide bonds. The van der Waals surface area contributed by atoms with Crippen LogP contribution in [0.2, 0.25) is 0 Å². The number of carbonyl (C=O) groups excluding carboxylic acids is 2. The van der Waals surface area contributed by atoms with E-state index < -0.39 is 23.6 Å². The lowest BCUT2D eigenvalue weighted by molar-refractivity contribution is -0.139. The van der Waals surface area contributed by atoms with Crippen LogP contribution in [0.1, 0.15) is 40.7 Å². The smallest absolute Gasteiger partial charge is 0.408 e. The van der Waals surface area contributed by atoms with E-state index in [2.05, 4.69) is 10.6 Å². The lowest BCUT2D eigenvalue weighted by Crippen LogP contribution is -2.48. The van der Waals surface area contributed by atoms with Gasteiger partial charge in [0, 0.05) is 6.42 Å². The Labute approximate surface area is 233 Å². The van der Waals surface area contributed by atoms with E-state index in [9.17, 15) is 19.5 Å². The van der Waals surface area contributed by atoms with E-state index in [1.807, 2.05) is 110 Å². The minimum absolute atomic E-state index is 0.00667. The molecule has 0 bridgehead atoms. The number of benzene rings is 4. The molecular formula is C33H32N2O5. The van der Waals surface area contributed by atoms with E-state index in [1.165, 1.54) is 0 Å². The maximum absolute atomic E-state index is 13.5. The summed E-state index contributed by atoms with van der Waals surface area (Å²) in [6.45, 7) is 2.01. The first-order chi connectivity index (χ1) is 19.4. The molecule has 0 fully saturated rings. The number of hydrogen-bond donors (Lipinski definition) is 3. The molecule has 0 spiro atoms. The second-order valence-corrected chi connectivity index (χ2v) is 9.53. The molecule has 1 atom stereocenters. The first-order valence-corrected chi connectivity index (χ1v) is 13.1. The number of hydrogen-bond acceptors (Lipinski definition) is 4. The van der Waals surface area contributed by atoms with Gasteiger partial charge in [0.05, 0.1) is 0 Å². The minimum atomic E-state index is -1.30. The number of amides is 2. The second kappa shape index (κ2) is 13.2. The van der Waals surface area contributed by atoms with Crippen molar-refractivity contribution in [2.75, 3.05) is 0 Å². The molecule has 40 heavy (non-hydrogen) atoms. The second-order valence-electron chi connectivity index (χ2n) is 9.53. The predicted octanol–water partition coefficient (Wildman–Crippen LogP) is 5.56. The summed E-state index contributed by atoms with van der Waals surface area (Å²) in [7, 11) is 0. The number of aliphatic carboxylic acids is 1. The van der Waals surface area contributed by atoms with Gasteiger partial charge in [0.25, 0.3) is 0 Å². The quantitative estimate of drug-likeness (QED) is 0.218. The molecule has 0 aromatic heterocycles. The van der Waals surface area contributed by atoms with Gasteiger partial charge in [-0.05, 0) is 35.6 Å². The highest BCUT2D eigenvalue weighted by Crippen LogP contribution is 2.37.